The molecule has 1 aromatic rings. The van der Waals surface area contributed by atoms with Crippen LogP contribution in [0.2, 0.25) is 0 Å². The number of benzene rings is 1. The topological polar surface area (TPSA) is 145 Å². The average molecular weight is 290 g/mol. The minimum Gasteiger partial charge on any atom is -0.480 e. The minimum absolute atomic E-state index is 0.113. The van der Waals surface area contributed by atoms with Gasteiger partial charge in [-0.05, 0) is 18.6 Å². The van der Waals surface area contributed by atoms with Crippen LogP contribution in [0.25, 0.3) is 0 Å². The molecule has 1 rings (SSSR count). The number of amides is 3. The molecule has 0 aliphatic heterocycles. The number of hydrogen-bond acceptors (Lipinski definition) is 4. The third-order valence-electron chi connectivity index (χ3n) is 2.58. The molecule has 0 aliphatic carbocycles. The molecule has 0 heterocycles. The molecule has 1 aromatic carbocycles. The van der Waals surface area contributed by atoms with E-state index in [4.69, 9.17) is 16.1 Å². The van der Waals surface area contributed by atoms with E-state index >= 15 is 0 Å². The number of primary amides is 1. The van der Waals surface area contributed by atoms with E-state index in [0.29, 0.717) is 0 Å². The zero-order valence-corrected chi connectivity index (χ0v) is 11.0. The number of aliphatic carboxylic acids is 1. The van der Waals surface area contributed by atoms with Gasteiger partial charge in [0, 0.05) is 6.42 Å². The van der Waals surface area contributed by atoms with Crippen molar-refractivity contribution in [1.29, 1.82) is 5.26 Å². The van der Waals surface area contributed by atoms with Crippen molar-refractivity contribution in [2.75, 3.05) is 5.32 Å². The summed E-state index contributed by atoms with van der Waals surface area (Å²) in [7, 11) is 0. The molecule has 0 saturated carbocycles. The Morgan fingerprint density at radius 3 is 2.57 bits per heavy atom. The zero-order valence-electron chi connectivity index (χ0n) is 11.0. The fourth-order valence-electron chi connectivity index (χ4n) is 1.55. The number of para-hydroxylation sites is 1. The van der Waals surface area contributed by atoms with E-state index in [-0.39, 0.29) is 24.1 Å². The Hall–Kier alpha value is -3.08. The Morgan fingerprint density at radius 1 is 1.33 bits per heavy atom. The number of carboxylic acids is 1. The maximum absolute atomic E-state index is 11.7. The first-order valence-corrected chi connectivity index (χ1v) is 6.01. The first kappa shape index (κ1) is 16.0. The Morgan fingerprint density at radius 2 is 2.00 bits per heavy atom. The summed E-state index contributed by atoms with van der Waals surface area (Å²) in [6.45, 7) is 0. The van der Waals surface area contributed by atoms with Crippen LogP contribution in [0, 0.1) is 11.3 Å². The van der Waals surface area contributed by atoms with Crippen molar-refractivity contribution in [2.24, 2.45) is 5.73 Å². The molecule has 8 nitrogen and oxygen atoms in total. The van der Waals surface area contributed by atoms with Gasteiger partial charge in [0.05, 0.1) is 11.3 Å². The fourth-order valence-corrected chi connectivity index (χ4v) is 1.55. The summed E-state index contributed by atoms with van der Waals surface area (Å²) in [6.07, 6.45) is -0.274. The summed E-state index contributed by atoms with van der Waals surface area (Å²) >= 11 is 0. The Balaban J connectivity index is 2.68. The molecule has 0 aliphatic rings. The van der Waals surface area contributed by atoms with Crippen molar-refractivity contribution in [3.63, 3.8) is 0 Å². The lowest BCUT2D eigenvalue weighted by molar-refractivity contribution is -0.139. The molecular formula is C13H14N4O4. The molecule has 3 amide bonds. The predicted octanol–water partition coefficient (Wildman–Crippen LogP) is 0.398. The molecular weight excluding hydrogens is 276 g/mol. The van der Waals surface area contributed by atoms with Gasteiger partial charge in [-0.1, -0.05) is 12.1 Å². The monoisotopic (exact) mass is 290 g/mol. The van der Waals surface area contributed by atoms with E-state index in [0.717, 1.165) is 0 Å². The summed E-state index contributed by atoms with van der Waals surface area (Å²) in [5.74, 6) is -1.93. The normalized spacial score (nSPS) is 11.0. The smallest absolute Gasteiger partial charge is 0.326 e. The number of anilines is 1. The van der Waals surface area contributed by atoms with Crippen molar-refractivity contribution >= 4 is 23.6 Å². The number of nitrogens with two attached hydrogens (primary N) is 1. The second-order valence-electron chi connectivity index (χ2n) is 4.15. The molecule has 21 heavy (non-hydrogen) atoms. The van der Waals surface area contributed by atoms with Gasteiger partial charge in [0.1, 0.15) is 12.1 Å². The van der Waals surface area contributed by atoms with Crippen molar-refractivity contribution in [3.05, 3.63) is 29.8 Å². The molecule has 0 fully saturated rings. The number of nitriles is 1. The number of nitrogens with one attached hydrogen (secondary N) is 2. The summed E-state index contributed by atoms with van der Waals surface area (Å²) in [5, 5.41) is 22.4. The van der Waals surface area contributed by atoms with E-state index in [9.17, 15) is 14.4 Å². The first-order valence-electron chi connectivity index (χ1n) is 6.01. The fraction of sp³-hybridized carbons (Fsp3) is 0.231. The largest absolute Gasteiger partial charge is 0.480 e. The predicted molar refractivity (Wildman–Crippen MR) is 73.2 cm³/mol. The van der Waals surface area contributed by atoms with Crippen molar-refractivity contribution < 1.29 is 19.5 Å². The Kier molecular flexibility index (Phi) is 5.70. The van der Waals surface area contributed by atoms with Crippen LogP contribution >= 0.6 is 0 Å². The van der Waals surface area contributed by atoms with Crippen molar-refractivity contribution in [2.45, 2.75) is 18.9 Å². The van der Waals surface area contributed by atoms with E-state index in [1.165, 1.54) is 12.1 Å². The molecule has 1 atom stereocenters. The Bertz CT molecular complexity index is 594. The maximum atomic E-state index is 11.7. The van der Waals surface area contributed by atoms with Crippen molar-refractivity contribution in [1.82, 2.24) is 5.32 Å². The summed E-state index contributed by atoms with van der Waals surface area (Å²) in [6, 6.07) is 6.15. The van der Waals surface area contributed by atoms with Gasteiger partial charge in [-0.15, -0.1) is 0 Å². The van der Waals surface area contributed by atoms with Gasteiger partial charge in [-0.25, -0.2) is 9.59 Å². The molecule has 0 spiro atoms. The molecule has 0 radical (unpaired) electrons. The van der Waals surface area contributed by atoms with Crippen LogP contribution in [0.3, 0.4) is 0 Å². The first-order chi connectivity index (χ1) is 9.93. The van der Waals surface area contributed by atoms with Crippen LogP contribution in [0.15, 0.2) is 24.3 Å². The highest BCUT2D eigenvalue weighted by Crippen LogP contribution is 2.13. The van der Waals surface area contributed by atoms with Crippen molar-refractivity contribution in [3.8, 4) is 6.07 Å². The lowest BCUT2D eigenvalue weighted by Crippen LogP contribution is -2.43. The average Bonchev–Trinajstić information content (AvgIpc) is 2.43. The number of carbonyl (C=O) groups is 3. The highest BCUT2D eigenvalue weighted by Gasteiger charge is 2.20. The highest BCUT2D eigenvalue weighted by molar-refractivity contribution is 5.93. The van der Waals surface area contributed by atoms with Crippen LogP contribution < -0.4 is 16.4 Å². The van der Waals surface area contributed by atoms with E-state index in [2.05, 4.69) is 10.6 Å². The number of nitrogens with zero attached hydrogens (tertiary/aromatic N) is 1. The maximum Gasteiger partial charge on any atom is 0.326 e. The summed E-state index contributed by atoms with van der Waals surface area (Å²) in [4.78, 5) is 33.4. The van der Waals surface area contributed by atoms with E-state index in [1.54, 1.807) is 12.1 Å². The van der Waals surface area contributed by atoms with Gasteiger partial charge in [0.2, 0.25) is 5.91 Å². The van der Waals surface area contributed by atoms with Crippen LogP contribution in [0.4, 0.5) is 10.5 Å². The van der Waals surface area contributed by atoms with Gasteiger partial charge in [0.15, 0.2) is 0 Å². The number of urea groups is 1. The van der Waals surface area contributed by atoms with Gasteiger partial charge in [-0.3, -0.25) is 4.79 Å². The number of rotatable bonds is 6. The second-order valence-corrected chi connectivity index (χ2v) is 4.15. The van der Waals surface area contributed by atoms with Crippen LogP contribution in [0.5, 0.6) is 0 Å². The number of carbonyl (C=O) groups excluding carboxylic acids is 2. The SMILES string of the molecule is N#Cc1ccccc1NC(=O)N[C@@H](CCC(N)=O)C(=O)O. The van der Waals surface area contributed by atoms with E-state index in [1.807, 2.05) is 6.07 Å². The van der Waals surface area contributed by atoms with Gasteiger partial charge in [-0.2, -0.15) is 5.26 Å². The third-order valence-corrected chi connectivity index (χ3v) is 2.58. The zero-order chi connectivity index (χ0) is 15.8. The minimum atomic E-state index is -1.28. The lowest BCUT2D eigenvalue weighted by atomic mass is 10.1. The summed E-state index contributed by atoms with van der Waals surface area (Å²) in [5.41, 5.74) is 5.44. The molecule has 0 bridgehead atoms. The molecule has 5 N–H and O–H groups in total. The quantitative estimate of drug-likeness (QED) is 0.599. The van der Waals surface area contributed by atoms with Crippen LogP contribution in [0.1, 0.15) is 18.4 Å². The molecule has 0 saturated heterocycles. The van der Waals surface area contributed by atoms with Gasteiger partial charge in [0.25, 0.3) is 0 Å². The number of carboxylic acid groups (broad SMARTS) is 1. The molecule has 0 aromatic heterocycles. The number of hydrogen-bond donors (Lipinski definition) is 4. The summed E-state index contributed by atoms with van der Waals surface area (Å²) < 4.78 is 0. The molecule has 110 valence electrons. The van der Waals surface area contributed by atoms with Crippen LogP contribution in [-0.2, 0) is 9.59 Å². The van der Waals surface area contributed by atoms with Gasteiger partial charge < -0.3 is 21.5 Å². The van der Waals surface area contributed by atoms with Gasteiger partial charge >= 0.3 is 12.0 Å². The molecule has 8 heteroatoms. The second kappa shape index (κ2) is 7.49. The Labute approximate surface area is 120 Å². The standard InChI is InChI=1S/C13H14N4O4/c14-7-8-3-1-2-4-9(8)16-13(21)17-10(12(19)20)5-6-11(15)18/h1-4,10H,5-6H2,(H2,15,18)(H,19,20)(H2,16,17,21)/t10-/m0/s1. The highest BCUT2D eigenvalue weighted by atomic mass is 16.4. The molecule has 0 unspecified atom stereocenters. The van der Waals surface area contributed by atoms with E-state index < -0.39 is 23.9 Å². The van der Waals surface area contributed by atoms with Crippen LogP contribution in [-0.4, -0.2) is 29.1 Å². The lowest BCUT2D eigenvalue weighted by Gasteiger charge is -2.14. The third kappa shape index (κ3) is 5.20.